The second-order valence-electron chi connectivity index (χ2n) is 7.80. The second-order valence-corrected chi connectivity index (χ2v) is 7.80. The molecule has 1 spiro atoms. The van der Waals surface area contributed by atoms with Gasteiger partial charge in [-0.3, -0.25) is 19.3 Å². The average Bonchev–Trinajstić information content (AvgIpc) is 3.27. The molecule has 8 nitrogen and oxygen atoms in total. The molecule has 1 aliphatic carbocycles. The van der Waals surface area contributed by atoms with E-state index in [-0.39, 0.29) is 11.8 Å². The van der Waals surface area contributed by atoms with E-state index in [4.69, 9.17) is 4.74 Å². The molecule has 1 heterocycles. The van der Waals surface area contributed by atoms with Gasteiger partial charge >= 0.3 is 12.0 Å². The lowest BCUT2D eigenvalue weighted by molar-refractivity contribution is -0.156. The van der Waals surface area contributed by atoms with E-state index in [0.29, 0.717) is 19.4 Å². The van der Waals surface area contributed by atoms with Gasteiger partial charge in [0.1, 0.15) is 12.1 Å². The highest BCUT2D eigenvalue weighted by Crippen LogP contribution is 2.34. The Morgan fingerprint density at radius 2 is 1.83 bits per heavy atom. The molecule has 156 valence electrons. The van der Waals surface area contributed by atoms with Crippen LogP contribution in [0.25, 0.3) is 0 Å². The minimum absolute atomic E-state index is 0.108. The number of hydrogen-bond donors (Lipinski definition) is 2. The zero-order valence-corrected chi connectivity index (χ0v) is 16.8. The first-order valence-corrected chi connectivity index (χ1v) is 9.98. The largest absolute Gasteiger partial charge is 0.451 e. The van der Waals surface area contributed by atoms with Crippen LogP contribution in [0.5, 0.6) is 0 Å². The van der Waals surface area contributed by atoms with Gasteiger partial charge in [0.05, 0.1) is 0 Å². The highest BCUT2D eigenvalue weighted by Gasteiger charge is 2.52. The zero-order chi connectivity index (χ0) is 21.0. The van der Waals surface area contributed by atoms with E-state index in [1.165, 1.54) is 6.92 Å². The molecule has 1 saturated heterocycles. The van der Waals surface area contributed by atoms with E-state index in [1.807, 2.05) is 37.3 Å². The average molecular weight is 401 g/mol. The van der Waals surface area contributed by atoms with Crippen molar-refractivity contribution in [3.63, 3.8) is 0 Å². The molecular weight excluding hydrogens is 374 g/mol. The number of carbonyl (C=O) groups excluding carboxylic acids is 4. The van der Waals surface area contributed by atoms with Crippen LogP contribution in [0.3, 0.4) is 0 Å². The van der Waals surface area contributed by atoms with Gasteiger partial charge in [-0.15, -0.1) is 0 Å². The molecule has 2 aliphatic rings. The molecule has 1 aliphatic heterocycles. The lowest BCUT2D eigenvalue weighted by atomic mass is 9.98. The first-order valence-electron chi connectivity index (χ1n) is 9.98. The van der Waals surface area contributed by atoms with E-state index < -0.39 is 36.1 Å². The van der Waals surface area contributed by atoms with Crippen molar-refractivity contribution in [1.29, 1.82) is 0 Å². The number of rotatable bonds is 7. The zero-order valence-electron chi connectivity index (χ0n) is 16.8. The van der Waals surface area contributed by atoms with Crippen LogP contribution in [0.15, 0.2) is 30.3 Å². The number of ether oxygens (including phenoxy) is 1. The third-order valence-corrected chi connectivity index (χ3v) is 5.62. The Morgan fingerprint density at radius 3 is 2.48 bits per heavy atom. The van der Waals surface area contributed by atoms with Crippen molar-refractivity contribution in [2.45, 2.75) is 57.1 Å². The first-order chi connectivity index (χ1) is 13.8. The van der Waals surface area contributed by atoms with Crippen LogP contribution in [-0.2, 0) is 19.1 Å². The predicted octanol–water partition coefficient (Wildman–Crippen LogP) is 1.70. The second kappa shape index (κ2) is 8.63. The number of benzene rings is 1. The molecule has 8 heteroatoms. The van der Waals surface area contributed by atoms with Crippen molar-refractivity contribution in [3.8, 4) is 0 Å². The SMILES string of the molecule is C[C@H](OC(=O)CN1C(=O)NC2(CCCC2)C1=O)C(=O)NC[C@@H](C)c1ccccc1. The number of urea groups is 1. The van der Waals surface area contributed by atoms with Crippen LogP contribution in [0.2, 0.25) is 0 Å². The van der Waals surface area contributed by atoms with E-state index >= 15 is 0 Å². The molecule has 2 N–H and O–H groups in total. The van der Waals surface area contributed by atoms with E-state index in [0.717, 1.165) is 23.3 Å². The summed E-state index contributed by atoms with van der Waals surface area (Å²) in [5, 5.41) is 5.47. The van der Waals surface area contributed by atoms with Crippen LogP contribution in [0, 0.1) is 0 Å². The quantitative estimate of drug-likeness (QED) is 0.535. The van der Waals surface area contributed by atoms with E-state index in [9.17, 15) is 19.2 Å². The maximum atomic E-state index is 12.6. The lowest BCUT2D eigenvalue weighted by Crippen LogP contribution is -2.45. The van der Waals surface area contributed by atoms with Crippen molar-refractivity contribution in [3.05, 3.63) is 35.9 Å². The topological polar surface area (TPSA) is 105 Å². The molecule has 0 bridgehead atoms. The number of hydrogen-bond acceptors (Lipinski definition) is 5. The number of nitrogens with one attached hydrogen (secondary N) is 2. The predicted molar refractivity (Wildman–Crippen MR) is 105 cm³/mol. The maximum Gasteiger partial charge on any atom is 0.327 e. The minimum Gasteiger partial charge on any atom is -0.451 e. The fourth-order valence-electron chi connectivity index (χ4n) is 3.85. The number of nitrogens with zero attached hydrogens (tertiary/aromatic N) is 1. The van der Waals surface area contributed by atoms with Gasteiger partial charge in [-0.05, 0) is 31.2 Å². The van der Waals surface area contributed by atoms with Crippen LogP contribution >= 0.6 is 0 Å². The summed E-state index contributed by atoms with van der Waals surface area (Å²) in [7, 11) is 0. The Hall–Kier alpha value is -2.90. The van der Waals surface area contributed by atoms with E-state index in [2.05, 4.69) is 10.6 Å². The van der Waals surface area contributed by atoms with Gasteiger partial charge in [-0.1, -0.05) is 50.1 Å². The molecule has 0 aromatic heterocycles. The lowest BCUT2D eigenvalue weighted by Gasteiger charge is -2.20. The molecular formula is C21H27N3O5. The third kappa shape index (κ3) is 4.58. The Labute approximate surface area is 170 Å². The monoisotopic (exact) mass is 401 g/mol. The molecule has 29 heavy (non-hydrogen) atoms. The maximum absolute atomic E-state index is 12.6. The van der Waals surface area contributed by atoms with Gasteiger partial charge in [0.2, 0.25) is 0 Å². The smallest absolute Gasteiger partial charge is 0.327 e. The van der Waals surface area contributed by atoms with Gasteiger partial charge in [0.15, 0.2) is 6.10 Å². The van der Waals surface area contributed by atoms with Crippen molar-refractivity contribution >= 4 is 23.8 Å². The van der Waals surface area contributed by atoms with E-state index in [1.54, 1.807) is 0 Å². The number of amides is 4. The Balaban J connectivity index is 1.47. The highest BCUT2D eigenvalue weighted by molar-refractivity contribution is 6.08. The van der Waals surface area contributed by atoms with Crippen LogP contribution in [0.4, 0.5) is 4.79 Å². The minimum atomic E-state index is -1.02. The van der Waals surface area contributed by atoms with Crippen molar-refractivity contribution in [2.24, 2.45) is 0 Å². The summed E-state index contributed by atoms with van der Waals surface area (Å²) < 4.78 is 5.13. The molecule has 1 aromatic carbocycles. The molecule has 1 saturated carbocycles. The fourth-order valence-corrected chi connectivity index (χ4v) is 3.85. The number of carbonyl (C=O) groups is 4. The molecule has 3 rings (SSSR count). The summed E-state index contributed by atoms with van der Waals surface area (Å²) in [6.07, 6.45) is 1.88. The summed E-state index contributed by atoms with van der Waals surface area (Å²) in [5.74, 6) is -1.49. The third-order valence-electron chi connectivity index (χ3n) is 5.62. The van der Waals surface area contributed by atoms with Crippen LogP contribution < -0.4 is 10.6 Å². The van der Waals surface area contributed by atoms with Crippen LogP contribution in [-0.4, -0.2) is 53.4 Å². The molecule has 0 unspecified atom stereocenters. The first kappa shape index (κ1) is 20.8. The normalized spacial score (nSPS) is 19.7. The Morgan fingerprint density at radius 1 is 1.17 bits per heavy atom. The van der Waals surface area contributed by atoms with Gasteiger partial charge in [-0.25, -0.2) is 4.79 Å². The summed E-state index contributed by atoms with van der Waals surface area (Å²) in [6, 6.07) is 9.18. The molecule has 2 fully saturated rings. The summed E-state index contributed by atoms with van der Waals surface area (Å²) in [6.45, 7) is 3.36. The number of esters is 1. The van der Waals surface area contributed by atoms with Crippen molar-refractivity contribution in [2.75, 3.05) is 13.1 Å². The Bertz CT molecular complexity index is 789. The fraction of sp³-hybridized carbons (Fsp3) is 0.524. The molecule has 0 radical (unpaired) electrons. The highest BCUT2D eigenvalue weighted by atomic mass is 16.5. The standard InChI is InChI=1S/C21H27N3O5/c1-14(16-8-4-3-5-9-16)12-22-18(26)15(2)29-17(25)13-24-19(27)21(23-20(24)28)10-6-7-11-21/h3-5,8-9,14-15H,6-7,10-13H2,1-2H3,(H,22,26)(H,23,28)/t14-,15+/m1/s1. The van der Waals surface area contributed by atoms with Crippen LogP contribution in [0.1, 0.15) is 51.0 Å². The van der Waals surface area contributed by atoms with Gasteiger partial charge in [-0.2, -0.15) is 0 Å². The van der Waals surface area contributed by atoms with Gasteiger partial charge in [0.25, 0.3) is 11.8 Å². The Kier molecular flexibility index (Phi) is 6.20. The summed E-state index contributed by atoms with van der Waals surface area (Å²) in [4.78, 5) is 50.0. The van der Waals surface area contributed by atoms with Crippen molar-refractivity contribution < 1.29 is 23.9 Å². The molecule has 4 amide bonds. The summed E-state index contributed by atoms with van der Waals surface area (Å²) in [5.41, 5.74) is 0.227. The number of imide groups is 1. The molecule has 2 atom stereocenters. The summed E-state index contributed by atoms with van der Waals surface area (Å²) >= 11 is 0. The van der Waals surface area contributed by atoms with Gasteiger partial charge < -0.3 is 15.4 Å². The van der Waals surface area contributed by atoms with Gasteiger partial charge in [0, 0.05) is 6.54 Å². The van der Waals surface area contributed by atoms with Crippen molar-refractivity contribution in [1.82, 2.24) is 15.5 Å². The molecule has 1 aromatic rings.